The van der Waals surface area contributed by atoms with E-state index in [1.165, 1.54) is 0 Å². The number of nitrogens with zero attached hydrogens (tertiary/aromatic N) is 1. The zero-order chi connectivity index (χ0) is 12.0. The molecule has 2 N–H and O–H groups in total. The molecule has 0 bridgehead atoms. The molecule has 0 aliphatic carbocycles. The minimum atomic E-state index is -0.0481. The Kier molecular flexibility index (Phi) is 4.95. The molecular weight excluding hydrogens is 206 g/mol. The second-order valence-electron chi connectivity index (χ2n) is 4.41. The van der Waals surface area contributed by atoms with Gasteiger partial charge in [0.25, 0.3) is 0 Å². The molecule has 0 fully saturated rings. The Morgan fingerprint density at radius 1 is 1.50 bits per heavy atom. The summed E-state index contributed by atoms with van der Waals surface area (Å²) in [7, 11) is 0. The van der Waals surface area contributed by atoms with Crippen molar-refractivity contribution in [1.82, 2.24) is 10.7 Å². The van der Waals surface area contributed by atoms with Crippen LogP contribution in [0.5, 0.6) is 0 Å². The van der Waals surface area contributed by atoms with Gasteiger partial charge in [-0.3, -0.25) is 9.59 Å². The van der Waals surface area contributed by atoms with E-state index < -0.39 is 0 Å². The van der Waals surface area contributed by atoms with E-state index in [4.69, 9.17) is 0 Å². The van der Waals surface area contributed by atoms with Gasteiger partial charge in [-0.05, 0) is 18.8 Å². The Labute approximate surface area is 95.7 Å². The number of nitrogens with one attached hydrogen (secondary N) is 2. The largest absolute Gasteiger partial charge is 0.356 e. The summed E-state index contributed by atoms with van der Waals surface area (Å²) < 4.78 is 0. The standard InChI is InChI=1S/C11H19N3O2/c1-8(2)7-12-10(15)5-3-9-4-6-11(16)14-13-9/h8H,3-7H2,1-2H3,(H,12,15)(H,14,16). The molecule has 1 rings (SSSR count). The summed E-state index contributed by atoms with van der Waals surface area (Å²) in [4.78, 5) is 22.2. The van der Waals surface area contributed by atoms with Crippen LogP contribution in [-0.2, 0) is 9.59 Å². The van der Waals surface area contributed by atoms with Gasteiger partial charge >= 0.3 is 0 Å². The van der Waals surface area contributed by atoms with Crippen LogP contribution in [0.1, 0.15) is 39.5 Å². The Balaban J connectivity index is 2.19. The SMILES string of the molecule is CC(C)CNC(=O)CCC1=NNC(=O)CC1. The van der Waals surface area contributed by atoms with Gasteiger partial charge in [-0.25, -0.2) is 5.43 Å². The van der Waals surface area contributed by atoms with Crippen molar-refractivity contribution in [2.24, 2.45) is 11.0 Å². The Morgan fingerprint density at radius 2 is 2.25 bits per heavy atom. The van der Waals surface area contributed by atoms with Crippen molar-refractivity contribution in [2.75, 3.05) is 6.54 Å². The number of carbonyl (C=O) groups is 2. The second-order valence-corrected chi connectivity index (χ2v) is 4.41. The lowest BCUT2D eigenvalue weighted by Crippen LogP contribution is -2.29. The quantitative estimate of drug-likeness (QED) is 0.726. The molecule has 1 aliphatic heterocycles. The summed E-state index contributed by atoms with van der Waals surface area (Å²) >= 11 is 0. The minimum absolute atomic E-state index is 0.0481. The van der Waals surface area contributed by atoms with Gasteiger partial charge in [-0.2, -0.15) is 5.10 Å². The Morgan fingerprint density at radius 3 is 2.81 bits per heavy atom. The predicted molar refractivity (Wildman–Crippen MR) is 61.9 cm³/mol. The number of rotatable bonds is 5. The van der Waals surface area contributed by atoms with Crippen molar-refractivity contribution in [3.63, 3.8) is 0 Å². The predicted octanol–water partition coefficient (Wildman–Crippen LogP) is 0.805. The van der Waals surface area contributed by atoms with E-state index in [2.05, 4.69) is 29.7 Å². The van der Waals surface area contributed by atoms with Gasteiger partial charge in [-0.15, -0.1) is 0 Å². The number of hydrogen-bond acceptors (Lipinski definition) is 3. The molecule has 90 valence electrons. The maximum Gasteiger partial charge on any atom is 0.240 e. The highest BCUT2D eigenvalue weighted by Crippen LogP contribution is 2.05. The van der Waals surface area contributed by atoms with Crippen molar-refractivity contribution < 1.29 is 9.59 Å². The maximum atomic E-state index is 11.4. The van der Waals surface area contributed by atoms with Crippen LogP contribution < -0.4 is 10.7 Å². The Bertz CT molecular complexity index is 298. The van der Waals surface area contributed by atoms with E-state index in [1.54, 1.807) is 0 Å². The molecule has 2 amide bonds. The van der Waals surface area contributed by atoms with Gasteiger partial charge in [-0.1, -0.05) is 13.8 Å². The van der Waals surface area contributed by atoms with Crippen molar-refractivity contribution in [2.45, 2.75) is 39.5 Å². The second kappa shape index (κ2) is 6.25. The van der Waals surface area contributed by atoms with Crippen LogP contribution in [0.2, 0.25) is 0 Å². The summed E-state index contributed by atoms with van der Waals surface area (Å²) in [6.07, 6.45) is 2.22. The van der Waals surface area contributed by atoms with E-state index in [0.717, 1.165) is 5.71 Å². The van der Waals surface area contributed by atoms with E-state index in [9.17, 15) is 9.59 Å². The number of amides is 2. The topological polar surface area (TPSA) is 70.6 Å². The summed E-state index contributed by atoms with van der Waals surface area (Å²) in [5, 5.41) is 6.76. The lowest BCUT2D eigenvalue weighted by atomic mass is 10.1. The molecule has 0 aromatic heterocycles. The highest BCUT2D eigenvalue weighted by Gasteiger charge is 2.12. The maximum absolute atomic E-state index is 11.4. The zero-order valence-electron chi connectivity index (χ0n) is 9.88. The van der Waals surface area contributed by atoms with E-state index in [0.29, 0.717) is 38.1 Å². The first-order valence-corrected chi connectivity index (χ1v) is 5.69. The highest BCUT2D eigenvalue weighted by atomic mass is 16.2. The molecular formula is C11H19N3O2. The van der Waals surface area contributed by atoms with Gasteiger partial charge in [0.2, 0.25) is 11.8 Å². The number of hydrazone groups is 1. The van der Waals surface area contributed by atoms with Gasteiger partial charge < -0.3 is 5.32 Å². The van der Waals surface area contributed by atoms with Gasteiger partial charge in [0, 0.05) is 25.1 Å². The van der Waals surface area contributed by atoms with Crippen molar-refractivity contribution in [3.05, 3.63) is 0 Å². The third-order valence-electron chi connectivity index (χ3n) is 2.33. The van der Waals surface area contributed by atoms with Crippen LogP contribution in [0.4, 0.5) is 0 Å². The molecule has 0 saturated carbocycles. The molecule has 0 saturated heterocycles. The normalized spacial score (nSPS) is 15.7. The molecule has 0 spiro atoms. The smallest absolute Gasteiger partial charge is 0.240 e. The average molecular weight is 225 g/mol. The Hall–Kier alpha value is -1.39. The monoisotopic (exact) mass is 225 g/mol. The van der Waals surface area contributed by atoms with Crippen LogP contribution in [0.3, 0.4) is 0 Å². The van der Waals surface area contributed by atoms with Crippen LogP contribution >= 0.6 is 0 Å². The van der Waals surface area contributed by atoms with Crippen molar-refractivity contribution >= 4 is 17.5 Å². The molecule has 0 aromatic rings. The van der Waals surface area contributed by atoms with Crippen molar-refractivity contribution in [1.29, 1.82) is 0 Å². The molecule has 0 aromatic carbocycles. The fourth-order valence-corrected chi connectivity index (χ4v) is 1.36. The molecule has 1 heterocycles. The fraction of sp³-hybridized carbons (Fsp3) is 0.727. The van der Waals surface area contributed by atoms with E-state index in [-0.39, 0.29) is 11.8 Å². The van der Waals surface area contributed by atoms with E-state index in [1.807, 2.05) is 0 Å². The first-order valence-electron chi connectivity index (χ1n) is 5.69. The molecule has 16 heavy (non-hydrogen) atoms. The van der Waals surface area contributed by atoms with Gasteiger partial charge in [0.05, 0.1) is 0 Å². The van der Waals surface area contributed by atoms with Gasteiger partial charge in [0.1, 0.15) is 0 Å². The summed E-state index contributed by atoms with van der Waals surface area (Å²) in [6, 6.07) is 0. The fourth-order valence-electron chi connectivity index (χ4n) is 1.36. The highest BCUT2D eigenvalue weighted by molar-refractivity contribution is 5.94. The molecule has 5 heteroatoms. The third-order valence-corrected chi connectivity index (χ3v) is 2.33. The van der Waals surface area contributed by atoms with E-state index >= 15 is 0 Å². The van der Waals surface area contributed by atoms with Crippen LogP contribution in [0.25, 0.3) is 0 Å². The van der Waals surface area contributed by atoms with Crippen LogP contribution in [0.15, 0.2) is 5.10 Å². The van der Waals surface area contributed by atoms with Crippen LogP contribution in [0, 0.1) is 5.92 Å². The molecule has 0 radical (unpaired) electrons. The lowest BCUT2D eigenvalue weighted by Gasteiger charge is -2.12. The molecule has 0 unspecified atom stereocenters. The van der Waals surface area contributed by atoms with Gasteiger partial charge in [0.15, 0.2) is 0 Å². The molecule has 0 atom stereocenters. The number of hydrogen-bond donors (Lipinski definition) is 2. The zero-order valence-corrected chi connectivity index (χ0v) is 9.88. The molecule has 1 aliphatic rings. The average Bonchev–Trinajstić information content (AvgIpc) is 2.25. The lowest BCUT2D eigenvalue weighted by molar-refractivity contribution is -0.121. The van der Waals surface area contributed by atoms with Crippen molar-refractivity contribution in [3.8, 4) is 0 Å². The minimum Gasteiger partial charge on any atom is -0.356 e. The molecule has 5 nitrogen and oxygen atoms in total. The summed E-state index contributed by atoms with van der Waals surface area (Å²) in [6.45, 7) is 4.82. The third kappa shape index (κ3) is 4.91. The number of carbonyl (C=O) groups excluding carboxylic acids is 2. The first-order chi connectivity index (χ1) is 7.58. The summed E-state index contributed by atoms with van der Waals surface area (Å²) in [5.74, 6) is 0.469. The van der Waals surface area contributed by atoms with Crippen LogP contribution in [-0.4, -0.2) is 24.1 Å². The summed E-state index contributed by atoms with van der Waals surface area (Å²) in [5.41, 5.74) is 3.33. The first kappa shape index (κ1) is 12.7.